The standard InChI is InChI=1S/C10H10N4/c1-2-8(6-11-5-1)10-13-12-7-14(10)9-3-4-9/h1-2,5-7,9H,3-4H2. The zero-order chi connectivity index (χ0) is 9.38. The lowest BCUT2D eigenvalue weighted by Gasteiger charge is -2.02. The van der Waals surface area contributed by atoms with Gasteiger partial charge in [0.25, 0.3) is 0 Å². The maximum Gasteiger partial charge on any atom is 0.165 e. The molecule has 0 unspecified atom stereocenters. The van der Waals surface area contributed by atoms with Crippen molar-refractivity contribution >= 4 is 0 Å². The van der Waals surface area contributed by atoms with Crippen LogP contribution in [-0.2, 0) is 0 Å². The zero-order valence-corrected chi connectivity index (χ0v) is 7.67. The van der Waals surface area contributed by atoms with Gasteiger partial charge < -0.3 is 4.57 Å². The van der Waals surface area contributed by atoms with Crippen molar-refractivity contribution in [2.45, 2.75) is 18.9 Å². The fourth-order valence-electron chi connectivity index (χ4n) is 1.56. The summed E-state index contributed by atoms with van der Waals surface area (Å²) >= 11 is 0. The summed E-state index contributed by atoms with van der Waals surface area (Å²) < 4.78 is 2.14. The van der Waals surface area contributed by atoms with Crippen molar-refractivity contribution in [1.29, 1.82) is 0 Å². The van der Waals surface area contributed by atoms with E-state index in [4.69, 9.17) is 0 Å². The molecule has 0 spiro atoms. The van der Waals surface area contributed by atoms with Crippen LogP contribution >= 0.6 is 0 Å². The highest BCUT2D eigenvalue weighted by molar-refractivity contribution is 5.53. The highest BCUT2D eigenvalue weighted by Gasteiger charge is 2.26. The fourth-order valence-corrected chi connectivity index (χ4v) is 1.56. The minimum absolute atomic E-state index is 0.611. The lowest BCUT2D eigenvalue weighted by atomic mass is 10.3. The van der Waals surface area contributed by atoms with Crippen LogP contribution in [0.2, 0.25) is 0 Å². The van der Waals surface area contributed by atoms with Gasteiger partial charge >= 0.3 is 0 Å². The lowest BCUT2D eigenvalue weighted by Crippen LogP contribution is -1.95. The van der Waals surface area contributed by atoms with E-state index in [0.717, 1.165) is 11.4 Å². The molecule has 0 N–H and O–H groups in total. The minimum Gasteiger partial charge on any atom is -0.310 e. The maximum absolute atomic E-state index is 4.12. The lowest BCUT2D eigenvalue weighted by molar-refractivity contribution is 0.746. The molecule has 0 aromatic carbocycles. The zero-order valence-electron chi connectivity index (χ0n) is 7.67. The smallest absolute Gasteiger partial charge is 0.165 e. The number of hydrogen-bond acceptors (Lipinski definition) is 3. The Hall–Kier alpha value is -1.71. The van der Waals surface area contributed by atoms with Gasteiger partial charge in [-0.15, -0.1) is 10.2 Å². The second kappa shape index (κ2) is 2.90. The molecule has 3 rings (SSSR count). The van der Waals surface area contributed by atoms with Crippen molar-refractivity contribution in [2.24, 2.45) is 0 Å². The van der Waals surface area contributed by atoms with E-state index in [0.29, 0.717) is 6.04 Å². The average Bonchev–Trinajstić information content (AvgIpc) is 2.98. The van der Waals surface area contributed by atoms with E-state index in [9.17, 15) is 0 Å². The summed E-state index contributed by atoms with van der Waals surface area (Å²) in [6.07, 6.45) is 7.88. The summed E-state index contributed by atoms with van der Waals surface area (Å²) in [6, 6.07) is 4.54. The summed E-state index contributed by atoms with van der Waals surface area (Å²) in [6.45, 7) is 0. The van der Waals surface area contributed by atoms with E-state index in [1.54, 1.807) is 12.5 Å². The Bertz CT molecular complexity index is 430. The largest absolute Gasteiger partial charge is 0.310 e. The van der Waals surface area contributed by atoms with Gasteiger partial charge in [0, 0.05) is 24.0 Å². The Labute approximate surface area is 81.6 Å². The van der Waals surface area contributed by atoms with Gasteiger partial charge in [0.2, 0.25) is 0 Å². The van der Waals surface area contributed by atoms with Gasteiger partial charge in [-0.1, -0.05) is 0 Å². The van der Waals surface area contributed by atoms with Crippen LogP contribution in [0.3, 0.4) is 0 Å². The molecule has 14 heavy (non-hydrogen) atoms. The van der Waals surface area contributed by atoms with Gasteiger partial charge in [-0.25, -0.2) is 0 Å². The van der Waals surface area contributed by atoms with Crippen molar-refractivity contribution < 1.29 is 0 Å². The third kappa shape index (κ3) is 1.19. The molecule has 70 valence electrons. The second-order valence-corrected chi connectivity index (χ2v) is 3.53. The Morgan fingerprint density at radius 1 is 1.36 bits per heavy atom. The number of nitrogens with zero attached hydrogens (tertiary/aromatic N) is 4. The third-order valence-electron chi connectivity index (χ3n) is 2.43. The summed E-state index contributed by atoms with van der Waals surface area (Å²) in [5.74, 6) is 0.931. The molecule has 0 radical (unpaired) electrons. The highest BCUT2D eigenvalue weighted by Crippen LogP contribution is 2.37. The summed E-state index contributed by atoms with van der Waals surface area (Å²) in [4.78, 5) is 4.08. The maximum atomic E-state index is 4.12. The molecule has 2 aromatic rings. The monoisotopic (exact) mass is 186 g/mol. The molecular weight excluding hydrogens is 176 g/mol. The van der Waals surface area contributed by atoms with Crippen LogP contribution in [0, 0.1) is 0 Å². The molecular formula is C10H10N4. The Kier molecular flexibility index (Phi) is 1.59. The van der Waals surface area contributed by atoms with Gasteiger partial charge in [-0.2, -0.15) is 0 Å². The molecule has 4 heteroatoms. The summed E-state index contributed by atoms with van der Waals surface area (Å²) in [7, 11) is 0. The molecule has 4 nitrogen and oxygen atoms in total. The van der Waals surface area contributed by atoms with E-state index in [2.05, 4.69) is 19.7 Å². The summed E-state index contributed by atoms with van der Waals surface area (Å²) in [5, 5.41) is 8.07. The number of aromatic nitrogens is 4. The first-order valence-electron chi connectivity index (χ1n) is 4.75. The van der Waals surface area contributed by atoms with Gasteiger partial charge in [-0.3, -0.25) is 4.98 Å². The van der Waals surface area contributed by atoms with Crippen LogP contribution < -0.4 is 0 Å². The second-order valence-electron chi connectivity index (χ2n) is 3.53. The van der Waals surface area contributed by atoms with Crippen LogP contribution in [0.4, 0.5) is 0 Å². The molecule has 0 amide bonds. The SMILES string of the molecule is c1cncc(-c2nncn2C2CC2)c1. The Morgan fingerprint density at radius 2 is 2.29 bits per heavy atom. The minimum atomic E-state index is 0.611. The number of hydrogen-bond donors (Lipinski definition) is 0. The molecule has 1 saturated carbocycles. The Balaban J connectivity index is 2.07. The number of rotatable bonds is 2. The molecule has 1 fully saturated rings. The van der Waals surface area contributed by atoms with Crippen LogP contribution in [-0.4, -0.2) is 19.7 Å². The van der Waals surface area contributed by atoms with Crippen LogP contribution in [0.1, 0.15) is 18.9 Å². The van der Waals surface area contributed by atoms with Crippen molar-refractivity contribution in [3.8, 4) is 11.4 Å². The van der Waals surface area contributed by atoms with E-state index in [-0.39, 0.29) is 0 Å². The normalized spacial score (nSPS) is 15.7. The molecule has 0 saturated heterocycles. The van der Waals surface area contributed by atoms with Crippen LogP contribution in [0.5, 0.6) is 0 Å². The topological polar surface area (TPSA) is 43.6 Å². The molecule has 1 aliphatic carbocycles. The molecule has 0 aliphatic heterocycles. The van der Waals surface area contributed by atoms with Gasteiger partial charge in [0.1, 0.15) is 6.33 Å². The molecule has 2 aromatic heterocycles. The molecule has 0 atom stereocenters. The van der Waals surface area contributed by atoms with Crippen LogP contribution in [0.15, 0.2) is 30.9 Å². The fraction of sp³-hybridized carbons (Fsp3) is 0.300. The van der Waals surface area contributed by atoms with E-state index in [1.165, 1.54) is 12.8 Å². The highest BCUT2D eigenvalue weighted by atomic mass is 15.3. The van der Waals surface area contributed by atoms with Crippen molar-refractivity contribution in [2.75, 3.05) is 0 Å². The summed E-state index contributed by atoms with van der Waals surface area (Å²) in [5.41, 5.74) is 1.04. The first kappa shape index (κ1) is 7.67. The van der Waals surface area contributed by atoms with Crippen LogP contribution in [0.25, 0.3) is 11.4 Å². The van der Waals surface area contributed by atoms with E-state index < -0.39 is 0 Å². The first-order valence-corrected chi connectivity index (χ1v) is 4.75. The average molecular weight is 186 g/mol. The predicted octanol–water partition coefficient (Wildman–Crippen LogP) is 1.67. The van der Waals surface area contributed by atoms with Gasteiger partial charge in [0.05, 0.1) is 0 Å². The third-order valence-corrected chi connectivity index (χ3v) is 2.43. The molecule has 1 aliphatic rings. The quantitative estimate of drug-likeness (QED) is 0.716. The Morgan fingerprint density at radius 3 is 3.00 bits per heavy atom. The first-order chi connectivity index (χ1) is 6.95. The van der Waals surface area contributed by atoms with Gasteiger partial charge in [0.15, 0.2) is 5.82 Å². The van der Waals surface area contributed by atoms with Gasteiger partial charge in [-0.05, 0) is 25.0 Å². The molecule has 2 heterocycles. The number of pyridine rings is 1. The predicted molar refractivity (Wildman–Crippen MR) is 51.5 cm³/mol. The van der Waals surface area contributed by atoms with E-state index in [1.807, 2.05) is 18.3 Å². The van der Waals surface area contributed by atoms with Crippen molar-refractivity contribution in [3.63, 3.8) is 0 Å². The molecule has 0 bridgehead atoms. The van der Waals surface area contributed by atoms with Crippen molar-refractivity contribution in [1.82, 2.24) is 19.7 Å². The van der Waals surface area contributed by atoms with Crippen molar-refractivity contribution in [3.05, 3.63) is 30.9 Å². The van der Waals surface area contributed by atoms with E-state index >= 15 is 0 Å².